The standard InChI is InChI=1S/C14H19ClO4S/c1-18-7-8-19-9-10-20(16,17)14-6-5-11-12(14)3-2-4-13(11)15/h2-4,14H,5-10H2,1H3. The molecule has 1 unspecified atom stereocenters. The first kappa shape index (κ1) is 15.8. The van der Waals surface area contributed by atoms with Gasteiger partial charge in [0, 0.05) is 12.1 Å². The van der Waals surface area contributed by atoms with Gasteiger partial charge < -0.3 is 9.47 Å². The maximum atomic E-state index is 12.4. The van der Waals surface area contributed by atoms with Crippen LogP contribution in [0.4, 0.5) is 0 Å². The highest BCUT2D eigenvalue weighted by Gasteiger charge is 2.33. The highest BCUT2D eigenvalue weighted by Crippen LogP contribution is 2.40. The number of rotatable bonds is 7. The maximum Gasteiger partial charge on any atom is 0.159 e. The number of fused-ring (bicyclic) bond motifs is 1. The third-order valence-corrected chi connectivity index (χ3v) is 5.98. The van der Waals surface area contributed by atoms with Crippen molar-refractivity contribution in [3.8, 4) is 0 Å². The summed E-state index contributed by atoms with van der Waals surface area (Å²) in [4.78, 5) is 0. The van der Waals surface area contributed by atoms with Crippen LogP contribution in [0.2, 0.25) is 5.02 Å². The molecule has 1 atom stereocenters. The van der Waals surface area contributed by atoms with Crippen LogP contribution in [0.1, 0.15) is 22.8 Å². The van der Waals surface area contributed by atoms with Crippen LogP contribution in [0.15, 0.2) is 18.2 Å². The molecule has 0 heterocycles. The van der Waals surface area contributed by atoms with E-state index < -0.39 is 15.1 Å². The van der Waals surface area contributed by atoms with Gasteiger partial charge in [0.15, 0.2) is 9.84 Å². The zero-order valence-corrected chi connectivity index (χ0v) is 13.0. The van der Waals surface area contributed by atoms with E-state index in [9.17, 15) is 8.42 Å². The second-order valence-electron chi connectivity index (χ2n) is 4.81. The molecule has 20 heavy (non-hydrogen) atoms. The SMILES string of the molecule is COCCOCCS(=O)(=O)C1CCc2c(Cl)cccc21. The fourth-order valence-corrected chi connectivity index (χ4v) is 4.50. The number of sulfone groups is 1. The molecule has 6 heteroatoms. The van der Waals surface area contributed by atoms with Gasteiger partial charge in [-0.25, -0.2) is 8.42 Å². The van der Waals surface area contributed by atoms with Crippen molar-refractivity contribution < 1.29 is 17.9 Å². The summed E-state index contributed by atoms with van der Waals surface area (Å²) in [5.74, 6) is 0.0351. The summed E-state index contributed by atoms with van der Waals surface area (Å²) in [7, 11) is -1.62. The summed E-state index contributed by atoms with van der Waals surface area (Å²) in [6, 6.07) is 5.48. The first-order valence-corrected chi connectivity index (χ1v) is 8.71. The van der Waals surface area contributed by atoms with E-state index in [0.29, 0.717) is 24.7 Å². The molecular formula is C14H19ClO4S. The minimum absolute atomic E-state index is 0.0351. The normalized spacial score (nSPS) is 18.2. The Morgan fingerprint density at radius 3 is 2.85 bits per heavy atom. The van der Waals surface area contributed by atoms with E-state index >= 15 is 0 Å². The second-order valence-corrected chi connectivity index (χ2v) is 7.52. The molecule has 4 nitrogen and oxygen atoms in total. The number of ether oxygens (including phenoxy) is 2. The van der Waals surface area contributed by atoms with E-state index in [4.69, 9.17) is 21.1 Å². The van der Waals surface area contributed by atoms with E-state index in [0.717, 1.165) is 17.5 Å². The molecule has 0 saturated carbocycles. The van der Waals surface area contributed by atoms with Gasteiger partial charge in [0.25, 0.3) is 0 Å². The smallest absolute Gasteiger partial charge is 0.159 e. The minimum Gasteiger partial charge on any atom is -0.382 e. The van der Waals surface area contributed by atoms with Crippen LogP contribution >= 0.6 is 11.6 Å². The molecule has 112 valence electrons. The molecule has 1 aromatic rings. The molecule has 0 aromatic heterocycles. The van der Waals surface area contributed by atoms with Gasteiger partial charge in [0.1, 0.15) is 0 Å². The van der Waals surface area contributed by atoms with Crippen LogP contribution in [0.3, 0.4) is 0 Å². The minimum atomic E-state index is -3.20. The van der Waals surface area contributed by atoms with Crippen molar-refractivity contribution in [2.45, 2.75) is 18.1 Å². The third-order valence-electron chi connectivity index (χ3n) is 3.54. The van der Waals surface area contributed by atoms with Crippen molar-refractivity contribution in [3.05, 3.63) is 34.3 Å². The molecule has 0 saturated heterocycles. The molecule has 1 aliphatic carbocycles. The monoisotopic (exact) mass is 318 g/mol. The number of hydrogen-bond donors (Lipinski definition) is 0. The second kappa shape index (κ2) is 6.89. The molecule has 0 bridgehead atoms. The number of methoxy groups -OCH3 is 1. The van der Waals surface area contributed by atoms with Crippen LogP contribution in [0.5, 0.6) is 0 Å². The van der Waals surface area contributed by atoms with Gasteiger partial charge in [0.05, 0.1) is 30.8 Å². The molecule has 0 radical (unpaired) electrons. The predicted molar refractivity (Wildman–Crippen MR) is 79.0 cm³/mol. The Bertz CT molecular complexity index is 556. The molecule has 1 aromatic carbocycles. The Balaban J connectivity index is 2.00. The lowest BCUT2D eigenvalue weighted by Gasteiger charge is -2.13. The highest BCUT2D eigenvalue weighted by molar-refractivity contribution is 7.91. The van der Waals surface area contributed by atoms with E-state index in [2.05, 4.69) is 0 Å². The summed E-state index contributed by atoms with van der Waals surface area (Å²) in [6.07, 6.45) is 1.34. The van der Waals surface area contributed by atoms with E-state index in [1.165, 1.54) is 0 Å². The Labute approximate surface area is 125 Å². The number of hydrogen-bond acceptors (Lipinski definition) is 4. The fraction of sp³-hybridized carbons (Fsp3) is 0.571. The first-order chi connectivity index (χ1) is 9.56. The fourth-order valence-electron chi connectivity index (χ4n) is 2.51. The van der Waals surface area contributed by atoms with E-state index in [-0.39, 0.29) is 12.4 Å². The van der Waals surface area contributed by atoms with Gasteiger partial charge in [0.2, 0.25) is 0 Å². The molecule has 0 N–H and O–H groups in total. The average molecular weight is 319 g/mol. The van der Waals surface area contributed by atoms with Crippen molar-refractivity contribution in [2.24, 2.45) is 0 Å². The Kier molecular flexibility index (Phi) is 5.43. The van der Waals surface area contributed by atoms with Crippen molar-refractivity contribution in [3.63, 3.8) is 0 Å². The number of halogens is 1. The third kappa shape index (κ3) is 3.52. The largest absolute Gasteiger partial charge is 0.382 e. The average Bonchev–Trinajstić information content (AvgIpc) is 2.84. The van der Waals surface area contributed by atoms with Gasteiger partial charge in [-0.05, 0) is 30.0 Å². The lowest BCUT2D eigenvalue weighted by molar-refractivity contribution is 0.0784. The lowest BCUT2D eigenvalue weighted by Crippen LogP contribution is -2.19. The predicted octanol–water partition coefficient (Wildman–Crippen LogP) is 2.41. The van der Waals surface area contributed by atoms with Crippen molar-refractivity contribution in [1.29, 1.82) is 0 Å². The van der Waals surface area contributed by atoms with Gasteiger partial charge in [-0.2, -0.15) is 0 Å². The molecule has 2 rings (SSSR count). The van der Waals surface area contributed by atoms with Crippen LogP contribution in [0, 0.1) is 0 Å². The summed E-state index contributed by atoms with van der Waals surface area (Å²) < 4.78 is 34.9. The summed E-state index contributed by atoms with van der Waals surface area (Å²) in [5.41, 5.74) is 1.83. The molecule has 1 aliphatic rings. The Morgan fingerprint density at radius 2 is 2.10 bits per heavy atom. The van der Waals surface area contributed by atoms with Crippen LogP contribution in [-0.2, 0) is 25.7 Å². The molecule has 0 spiro atoms. The quantitative estimate of drug-likeness (QED) is 0.724. The molecule has 0 amide bonds. The summed E-state index contributed by atoms with van der Waals surface area (Å²) in [5, 5.41) is 0.221. The lowest BCUT2D eigenvalue weighted by atomic mass is 10.1. The molecule has 0 aliphatic heterocycles. The van der Waals surface area contributed by atoms with Gasteiger partial charge in [-0.15, -0.1) is 0 Å². The summed E-state index contributed by atoms with van der Waals surface area (Å²) in [6.45, 7) is 1.10. The Morgan fingerprint density at radius 1 is 1.30 bits per heavy atom. The Hall–Kier alpha value is -0.620. The topological polar surface area (TPSA) is 52.6 Å². The number of benzene rings is 1. The van der Waals surface area contributed by atoms with Crippen LogP contribution in [-0.4, -0.2) is 41.1 Å². The highest BCUT2D eigenvalue weighted by atomic mass is 35.5. The first-order valence-electron chi connectivity index (χ1n) is 6.62. The van der Waals surface area contributed by atoms with Crippen molar-refractivity contribution in [1.82, 2.24) is 0 Å². The molecular weight excluding hydrogens is 300 g/mol. The van der Waals surface area contributed by atoms with E-state index in [1.807, 2.05) is 18.2 Å². The summed E-state index contributed by atoms with van der Waals surface area (Å²) >= 11 is 6.11. The van der Waals surface area contributed by atoms with Crippen molar-refractivity contribution >= 4 is 21.4 Å². The van der Waals surface area contributed by atoms with Gasteiger partial charge in [-0.1, -0.05) is 23.7 Å². The van der Waals surface area contributed by atoms with Crippen LogP contribution in [0.25, 0.3) is 0 Å². The maximum absolute atomic E-state index is 12.4. The zero-order valence-electron chi connectivity index (χ0n) is 11.5. The van der Waals surface area contributed by atoms with E-state index in [1.54, 1.807) is 7.11 Å². The van der Waals surface area contributed by atoms with Crippen LogP contribution < -0.4 is 0 Å². The van der Waals surface area contributed by atoms with Gasteiger partial charge in [-0.3, -0.25) is 0 Å². The zero-order chi connectivity index (χ0) is 14.6. The van der Waals surface area contributed by atoms with Crippen molar-refractivity contribution in [2.75, 3.05) is 32.7 Å². The van der Waals surface area contributed by atoms with Gasteiger partial charge >= 0.3 is 0 Å². The molecule has 0 fully saturated rings.